The molecule has 0 aliphatic rings. The Hall–Kier alpha value is -1.94. The molecule has 0 bridgehead atoms. The molecule has 3 N–H and O–H groups in total. The van der Waals surface area contributed by atoms with Gasteiger partial charge in [-0.25, -0.2) is 9.13 Å². The van der Waals surface area contributed by atoms with Crippen LogP contribution >= 0.6 is 15.6 Å². The lowest BCUT2D eigenvalue weighted by molar-refractivity contribution is -0.161. The van der Waals surface area contributed by atoms with Gasteiger partial charge in [-0.3, -0.25) is 37.3 Å². The molecule has 0 radical (unpaired) electrons. The van der Waals surface area contributed by atoms with Gasteiger partial charge in [-0.2, -0.15) is 0 Å². The van der Waals surface area contributed by atoms with Crippen LogP contribution in [-0.2, 0) is 65.4 Å². The first kappa shape index (κ1) is 92.1. The quantitative estimate of drug-likeness (QED) is 0.0222. The minimum atomic E-state index is -4.96. The number of phosphoric ester groups is 2. The number of aliphatic hydroxyl groups excluding tert-OH is 1. The average molecular weight is 1380 g/mol. The summed E-state index contributed by atoms with van der Waals surface area (Å²) in [6.45, 7) is 9.60. The van der Waals surface area contributed by atoms with E-state index in [0.29, 0.717) is 25.7 Å². The fraction of sp³-hybridized carbons (Fsp3) is 0.947. The number of carbonyl (C=O) groups excluding carboxylic acids is 4. The van der Waals surface area contributed by atoms with Crippen LogP contribution in [-0.4, -0.2) is 96.7 Å². The second-order valence-electron chi connectivity index (χ2n) is 28.0. The molecule has 0 aromatic rings. The SMILES string of the molecule is CCCCCCCCCCCCCCCCCC(=O)OC[C@H](COP(=O)(O)OC[C@@H](O)COP(=O)(O)OC[C@@H](COC(=O)CCCCCCCCCCCC)OC(=O)CCCCCCCCCCCCCC(C)C)OC(=O)CCCCCCCCCCCCCCC(C)C. The average Bonchev–Trinajstić information content (AvgIpc) is 1.18. The monoisotopic (exact) mass is 1380 g/mol. The lowest BCUT2D eigenvalue weighted by atomic mass is 10.0. The lowest BCUT2D eigenvalue weighted by Crippen LogP contribution is -2.30. The number of ether oxygens (including phenoxy) is 4. The van der Waals surface area contributed by atoms with Gasteiger partial charge in [0.2, 0.25) is 0 Å². The Bertz CT molecular complexity index is 1820. The van der Waals surface area contributed by atoms with E-state index in [9.17, 15) is 43.2 Å². The molecule has 0 aromatic carbocycles. The Labute approximate surface area is 575 Å². The van der Waals surface area contributed by atoms with Gasteiger partial charge in [-0.1, -0.05) is 337 Å². The van der Waals surface area contributed by atoms with Crippen molar-refractivity contribution in [3.63, 3.8) is 0 Å². The predicted molar refractivity (Wildman–Crippen MR) is 381 cm³/mol. The zero-order chi connectivity index (χ0) is 69.3. The van der Waals surface area contributed by atoms with Crippen LogP contribution in [0.1, 0.15) is 388 Å². The highest BCUT2D eigenvalue weighted by molar-refractivity contribution is 7.47. The van der Waals surface area contributed by atoms with Gasteiger partial charge < -0.3 is 33.8 Å². The second-order valence-corrected chi connectivity index (χ2v) is 30.9. The van der Waals surface area contributed by atoms with Crippen molar-refractivity contribution in [1.82, 2.24) is 0 Å². The summed E-state index contributed by atoms with van der Waals surface area (Å²) in [5, 5.41) is 10.6. The number of hydrogen-bond donors (Lipinski definition) is 3. The Morgan fingerprint density at radius 1 is 0.287 bits per heavy atom. The van der Waals surface area contributed by atoms with Crippen LogP contribution in [0.5, 0.6) is 0 Å². The van der Waals surface area contributed by atoms with Gasteiger partial charge in [0.05, 0.1) is 26.4 Å². The molecule has 0 aliphatic heterocycles. The number of carbonyl (C=O) groups is 4. The highest BCUT2D eigenvalue weighted by Crippen LogP contribution is 2.45. The van der Waals surface area contributed by atoms with Crippen molar-refractivity contribution in [2.75, 3.05) is 39.6 Å². The zero-order valence-electron chi connectivity index (χ0n) is 61.3. The van der Waals surface area contributed by atoms with Crippen LogP contribution in [0.15, 0.2) is 0 Å². The summed E-state index contributed by atoms with van der Waals surface area (Å²) in [7, 11) is -9.91. The zero-order valence-corrected chi connectivity index (χ0v) is 63.1. The van der Waals surface area contributed by atoms with Gasteiger partial charge in [0.15, 0.2) is 12.2 Å². The van der Waals surface area contributed by atoms with Gasteiger partial charge in [0.1, 0.15) is 19.3 Å². The van der Waals surface area contributed by atoms with Crippen LogP contribution in [0.4, 0.5) is 0 Å². The molecule has 5 atom stereocenters. The third-order valence-electron chi connectivity index (χ3n) is 17.5. The first-order valence-corrected chi connectivity index (χ1v) is 42.0. The van der Waals surface area contributed by atoms with Crippen molar-refractivity contribution in [2.24, 2.45) is 11.8 Å². The van der Waals surface area contributed by atoms with E-state index in [2.05, 4.69) is 41.5 Å². The fourth-order valence-corrected chi connectivity index (χ4v) is 13.1. The van der Waals surface area contributed by atoms with Crippen molar-refractivity contribution < 1.29 is 80.2 Å². The molecular formula is C75H146O17P2. The minimum Gasteiger partial charge on any atom is -0.462 e. The van der Waals surface area contributed by atoms with Crippen LogP contribution in [0.2, 0.25) is 0 Å². The Morgan fingerprint density at radius 3 is 0.723 bits per heavy atom. The molecule has 19 heteroatoms. The van der Waals surface area contributed by atoms with Gasteiger partial charge in [0, 0.05) is 25.7 Å². The maximum Gasteiger partial charge on any atom is 0.472 e. The molecular weight excluding hydrogens is 1230 g/mol. The summed E-state index contributed by atoms with van der Waals surface area (Å²) in [4.78, 5) is 72.8. The Kier molecular flexibility index (Phi) is 65.5. The maximum atomic E-state index is 13.1. The van der Waals surface area contributed by atoms with Gasteiger partial charge in [-0.05, 0) is 37.5 Å². The fourth-order valence-electron chi connectivity index (χ4n) is 11.5. The summed E-state index contributed by atoms with van der Waals surface area (Å²) < 4.78 is 68.5. The van der Waals surface area contributed by atoms with E-state index in [-0.39, 0.29) is 25.7 Å². The standard InChI is InChI=1S/C75H146O17P2/c1-7-9-11-13-15-17-19-20-21-22-28-34-40-46-52-58-73(78)86-64-71(91-74(79)59-53-47-41-35-29-24-23-26-31-37-43-49-55-67(3)4)66-90-94(83,84)88-62-69(76)61-87-93(81,82)89-65-70(63-85-72(77)57-51-45-39-33-18-16-14-12-10-8-2)92-75(80)60-54-48-42-36-30-25-27-32-38-44-50-56-68(5)6/h67-71,76H,7-66H2,1-6H3,(H,81,82)(H,83,84)/t69-,70+,71+/m0/s1. The van der Waals surface area contributed by atoms with Crippen molar-refractivity contribution in [3.8, 4) is 0 Å². The summed E-state index contributed by atoms with van der Waals surface area (Å²) in [6.07, 6.45) is 53.9. The minimum absolute atomic E-state index is 0.107. The molecule has 558 valence electrons. The van der Waals surface area contributed by atoms with Gasteiger partial charge in [0.25, 0.3) is 0 Å². The molecule has 2 unspecified atom stereocenters. The van der Waals surface area contributed by atoms with Crippen molar-refractivity contribution >= 4 is 39.5 Å². The molecule has 0 saturated carbocycles. The van der Waals surface area contributed by atoms with E-state index in [4.69, 9.17) is 37.0 Å². The number of phosphoric acid groups is 2. The number of esters is 4. The third-order valence-corrected chi connectivity index (χ3v) is 19.4. The van der Waals surface area contributed by atoms with E-state index >= 15 is 0 Å². The number of aliphatic hydroxyl groups is 1. The molecule has 0 heterocycles. The third kappa shape index (κ3) is 68.6. The molecule has 0 spiro atoms. The molecule has 94 heavy (non-hydrogen) atoms. The normalized spacial score (nSPS) is 14.0. The number of hydrogen-bond acceptors (Lipinski definition) is 15. The van der Waals surface area contributed by atoms with Crippen LogP contribution < -0.4 is 0 Å². The lowest BCUT2D eigenvalue weighted by Gasteiger charge is -2.21. The van der Waals surface area contributed by atoms with Crippen LogP contribution in [0.25, 0.3) is 0 Å². The topological polar surface area (TPSA) is 237 Å². The number of unbranched alkanes of at least 4 members (excludes halogenated alkanes) is 44. The highest BCUT2D eigenvalue weighted by Gasteiger charge is 2.30. The highest BCUT2D eigenvalue weighted by atomic mass is 31.2. The number of rotatable bonds is 74. The Balaban J connectivity index is 5.25. The largest absolute Gasteiger partial charge is 0.472 e. The molecule has 0 rings (SSSR count). The smallest absolute Gasteiger partial charge is 0.462 e. The maximum absolute atomic E-state index is 13.1. The Morgan fingerprint density at radius 2 is 0.489 bits per heavy atom. The molecule has 17 nitrogen and oxygen atoms in total. The molecule has 0 amide bonds. The first-order chi connectivity index (χ1) is 45.4. The van der Waals surface area contributed by atoms with E-state index in [1.165, 1.54) is 205 Å². The van der Waals surface area contributed by atoms with Crippen molar-refractivity contribution in [3.05, 3.63) is 0 Å². The van der Waals surface area contributed by atoms with Crippen molar-refractivity contribution in [1.29, 1.82) is 0 Å². The van der Waals surface area contributed by atoms with E-state index < -0.39 is 97.5 Å². The molecule has 0 aromatic heterocycles. The molecule has 0 aliphatic carbocycles. The predicted octanol–water partition coefficient (Wildman–Crippen LogP) is 21.9. The summed E-state index contributed by atoms with van der Waals surface area (Å²) in [5.41, 5.74) is 0. The first-order valence-electron chi connectivity index (χ1n) is 39.0. The van der Waals surface area contributed by atoms with E-state index in [0.717, 1.165) is 102 Å². The second kappa shape index (κ2) is 66.9. The van der Waals surface area contributed by atoms with Crippen LogP contribution in [0.3, 0.4) is 0 Å². The van der Waals surface area contributed by atoms with Gasteiger partial charge in [-0.15, -0.1) is 0 Å². The summed E-state index contributed by atoms with van der Waals surface area (Å²) >= 11 is 0. The summed E-state index contributed by atoms with van der Waals surface area (Å²) in [5.74, 6) is -0.573. The van der Waals surface area contributed by atoms with Crippen LogP contribution in [0, 0.1) is 11.8 Å². The van der Waals surface area contributed by atoms with E-state index in [1.807, 2.05) is 0 Å². The van der Waals surface area contributed by atoms with Gasteiger partial charge >= 0.3 is 39.5 Å². The summed E-state index contributed by atoms with van der Waals surface area (Å²) in [6, 6.07) is 0. The van der Waals surface area contributed by atoms with E-state index in [1.54, 1.807) is 0 Å². The molecule has 0 fully saturated rings. The molecule has 0 saturated heterocycles. The van der Waals surface area contributed by atoms with Crippen molar-refractivity contribution in [2.45, 2.75) is 407 Å².